The minimum atomic E-state index is -3.82. The Morgan fingerprint density at radius 2 is 2.08 bits per heavy atom. The molecule has 1 atom stereocenters. The molecule has 2 N–H and O–H groups in total. The highest BCUT2D eigenvalue weighted by atomic mass is 32.2. The second-order valence-electron chi connectivity index (χ2n) is 8.98. The van der Waals surface area contributed by atoms with E-state index < -0.39 is 37.5 Å². The van der Waals surface area contributed by atoms with Crippen LogP contribution >= 0.6 is 0 Å². The van der Waals surface area contributed by atoms with Crippen molar-refractivity contribution in [2.45, 2.75) is 30.7 Å². The molecule has 3 aromatic rings. The van der Waals surface area contributed by atoms with E-state index in [1.807, 2.05) is 0 Å². The van der Waals surface area contributed by atoms with Crippen LogP contribution in [0.4, 0.5) is 8.78 Å². The van der Waals surface area contributed by atoms with Gasteiger partial charge in [0, 0.05) is 18.0 Å². The Labute approximate surface area is 213 Å². The molecular weight excluding hydrogens is 502 g/mol. The van der Waals surface area contributed by atoms with E-state index in [9.17, 15) is 17.2 Å². The van der Waals surface area contributed by atoms with Gasteiger partial charge in [-0.1, -0.05) is 12.1 Å². The number of nitrogens with two attached hydrogens (primary N) is 1. The molecule has 1 aliphatic heterocycles. The molecule has 4 rings (SSSR count). The Kier molecular flexibility index (Phi) is 6.96. The van der Waals surface area contributed by atoms with Gasteiger partial charge in [-0.25, -0.2) is 27.2 Å². The van der Waals surface area contributed by atoms with Crippen molar-refractivity contribution < 1.29 is 21.9 Å². The number of aromatic nitrogens is 4. The van der Waals surface area contributed by atoms with Crippen molar-refractivity contribution in [3.63, 3.8) is 0 Å². The largest absolute Gasteiger partial charge is 0.475 e. The number of amidine groups is 1. The van der Waals surface area contributed by atoms with Crippen LogP contribution in [0.3, 0.4) is 0 Å². The van der Waals surface area contributed by atoms with E-state index in [2.05, 4.69) is 26.6 Å². The molecule has 0 aliphatic carbocycles. The third kappa shape index (κ3) is 5.15. The highest BCUT2D eigenvalue weighted by molar-refractivity contribution is 7.93. The third-order valence-electron chi connectivity index (χ3n) is 6.21. The topological polar surface area (TPSA) is 125 Å². The first-order valence-corrected chi connectivity index (χ1v) is 12.9. The van der Waals surface area contributed by atoms with E-state index in [0.29, 0.717) is 13.2 Å². The lowest BCUT2D eigenvalue weighted by Gasteiger charge is -2.38. The number of hydrogen-bond acceptors (Lipinski definition) is 8. The van der Waals surface area contributed by atoms with E-state index in [1.165, 1.54) is 44.4 Å². The Bertz CT molecular complexity index is 1470. The lowest BCUT2D eigenvalue weighted by molar-refractivity contribution is 0.279. The molecule has 0 saturated carbocycles. The molecule has 194 valence electrons. The average molecular weight is 529 g/mol. The summed E-state index contributed by atoms with van der Waals surface area (Å²) in [6, 6.07) is 5.58. The number of rotatable bonds is 8. The van der Waals surface area contributed by atoms with Gasteiger partial charge in [0.1, 0.15) is 34.2 Å². The van der Waals surface area contributed by atoms with Gasteiger partial charge in [0.05, 0.1) is 24.7 Å². The number of halogens is 2. The quantitative estimate of drug-likeness (QED) is 0.445. The third-order valence-corrected chi connectivity index (χ3v) is 8.80. The maximum absolute atomic E-state index is 15.0. The first kappa shape index (κ1) is 26.1. The molecule has 12 heteroatoms. The summed E-state index contributed by atoms with van der Waals surface area (Å²) in [5, 5.41) is 4.06. The van der Waals surface area contributed by atoms with Gasteiger partial charge in [-0.3, -0.25) is 9.67 Å². The summed E-state index contributed by atoms with van der Waals surface area (Å²) in [5.74, 6) is -1.93. The fraction of sp³-hybridized carbons (Fsp3) is 0.280. The molecule has 0 fully saturated rings. The molecule has 0 saturated heterocycles. The molecule has 1 aliphatic rings. The van der Waals surface area contributed by atoms with Gasteiger partial charge in [-0.15, -0.1) is 6.58 Å². The van der Waals surface area contributed by atoms with Gasteiger partial charge in [0.2, 0.25) is 5.88 Å². The molecule has 0 radical (unpaired) electrons. The normalized spacial score (nSPS) is 20.8. The van der Waals surface area contributed by atoms with Crippen LogP contribution in [0.1, 0.15) is 30.7 Å². The van der Waals surface area contributed by atoms with Crippen LogP contribution < -0.4 is 10.5 Å². The van der Waals surface area contributed by atoms with Gasteiger partial charge in [0.15, 0.2) is 15.7 Å². The monoisotopic (exact) mass is 528 g/mol. The van der Waals surface area contributed by atoms with E-state index >= 15 is 0 Å². The summed E-state index contributed by atoms with van der Waals surface area (Å²) in [6.45, 7) is 7.38. The van der Waals surface area contributed by atoms with Crippen LogP contribution in [-0.2, 0) is 21.9 Å². The van der Waals surface area contributed by atoms with Gasteiger partial charge in [-0.05, 0) is 43.7 Å². The smallest absolute Gasteiger partial charge is 0.232 e. The Morgan fingerprint density at radius 3 is 2.70 bits per heavy atom. The van der Waals surface area contributed by atoms with Crippen molar-refractivity contribution in [1.82, 2.24) is 19.7 Å². The van der Waals surface area contributed by atoms with E-state index in [0.717, 1.165) is 12.1 Å². The average Bonchev–Trinajstić information content (AvgIpc) is 3.37. The summed E-state index contributed by atoms with van der Waals surface area (Å²) in [4.78, 5) is 12.4. The summed E-state index contributed by atoms with van der Waals surface area (Å²) >= 11 is 0. The van der Waals surface area contributed by atoms with Crippen LogP contribution in [0.25, 0.3) is 11.9 Å². The number of sulfone groups is 1. The highest BCUT2D eigenvalue weighted by Gasteiger charge is 2.50. The van der Waals surface area contributed by atoms with E-state index in [1.54, 1.807) is 23.1 Å². The number of hydrogen-bond donors (Lipinski definition) is 1. The Balaban J connectivity index is 1.58. The van der Waals surface area contributed by atoms with E-state index in [-0.39, 0.29) is 28.5 Å². The number of ether oxygens (including phenoxy) is 1. The SMILES string of the molecule is C=C[C@@]1(c2cc(/C=C(\F)c3cnc(OCCn4cccn4)cn3)ccc2F)CS(=O)(=O)C(C)(C)C(N)=N1. The van der Waals surface area contributed by atoms with Gasteiger partial charge >= 0.3 is 0 Å². The number of nitrogens with zero attached hydrogens (tertiary/aromatic N) is 5. The number of benzene rings is 1. The minimum Gasteiger partial charge on any atom is -0.475 e. The van der Waals surface area contributed by atoms with Crippen molar-refractivity contribution in [3.05, 3.63) is 84.3 Å². The summed E-state index contributed by atoms with van der Waals surface area (Å²) in [5.41, 5.74) is 4.44. The second-order valence-corrected chi connectivity index (χ2v) is 11.5. The van der Waals surface area contributed by atoms with Crippen LogP contribution in [0.5, 0.6) is 5.88 Å². The molecular formula is C25H26F2N6O3S. The van der Waals surface area contributed by atoms with Crippen molar-refractivity contribution in [2.75, 3.05) is 12.4 Å². The maximum atomic E-state index is 15.0. The molecule has 9 nitrogen and oxygen atoms in total. The molecule has 1 aromatic carbocycles. The fourth-order valence-corrected chi connectivity index (χ4v) is 5.38. The molecule has 0 bridgehead atoms. The fourth-order valence-electron chi connectivity index (χ4n) is 3.74. The van der Waals surface area contributed by atoms with Crippen LogP contribution in [0, 0.1) is 5.82 Å². The lowest BCUT2D eigenvalue weighted by Crippen LogP contribution is -2.55. The van der Waals surface area contributed by atoms with Crippen molar-refractivity contribution in [2.24, 2.45) is 10.7 Å². The standard InChI is InChI=1S/C25H26F2N6O3S/c1-4-25(16-37(34,35)24(2,3)23(28)32-25)18-12-17(6-7-19(18)26)13-20(27)21-14-30-22(15-29-21)36-11-10-33-9-5-8-31-33/h4-9,12-15H,1,10-11,16H2,2-3H3,(H2,28,32)/b20-13-/t25-/m0/s1. The molecule has 37 heavy (non-hydrogen) atoms. The lowest BCUT2D eigenvalue weighted by atomic mass is 9.89. The molecule has 2 aromatic heterocycles. The molecule has 0 spiro atoms. The van der Waals surface area contributed by atoms with E-state index in [4.69, 9.17) is 10.5 Å². The summed E-state index contributed by atoms with van der Waals surface area (Å²) in [7, 11) is -3.82. The Morgan fingerprint density at radius 1 is 1.30 bits per heavy atom. The number of aliphatic imine (C=N–C) groups is 1. The molecule has 0 amide bonds. The van der Waals surface area contributed by atoms with Crippen LogP contribution in [0.15, 0.2) is 66.7 Å². The van der Waals surface area contributed by atoms with Gasteiger partial charge < -0.3 is 10.5 Å². The zero-order chi connectivity index (χ0) is 26.8. The van der Waals surface area contributed by atoms with Crippen LogP contribution in [0.2, 0.25) is 0 Å². The van der Waals surface area contributed by atoms with Crippen LogP contribution in [-0.4, -0.2) is 51.1 Å². The predicted molar refractivity (Wildman–Crippen MR) is 136 cm³/mol. The molecule has 0 unspecified atom stereocenters. The first-order chi connectivity index (χ1) is 17.5. The molecule has 3 heterocycles. The summed E-state index contributed by atoms with van der Waals surface area (Å²) < 4.78 is 61.6. The summed E-state index contributed by atoms with van der Waals surface area (Å²) in [6.07, 6.45) is 8.34. The van der Waals surface area contributed by atoms with Gasteiger partial charge in [-0.2, -0.15) is 5.10 Å². The Hall–Kier alpha value is -3.93. The highest BCUT2D eigenvalue weighted by Crippen LogP contribution is 2.39. The zero-order valence-corrected chi connectivity index (χ0v) is 21.1. The second kappa shape index (κ2) is 9.85. The predicted octanol–water partition coefficient (Wildman–Crippen LogP) is 3.30. The van der Waals surface area contributed by atoms with Crippen molar-refractivity contribution in [3.8, 4) is 5.88 Å². The van der Waals surface area contributed by atoms with Gasteiger partial charge in [0.25, 0.3) is 0 Å². The van der Waals surface area contributed by atoms with Crippen molar-refractivity contribution >= 4 is 27.6 Å². The zero-order valence-electron chi connectivity index (χ0n) is 20.3. The maximum Gasteiger partial charge on any atom is 0.232 e. The van der Waals surface area contributed by atoms with Crippen molar-refractivity contribution in [1.29, 1.82) is 0 Å². The minimum absolute atomic E-state index is 0.0620. The first-order valence-electron chi connectivity index (χ1n) is 11.3.